The van der Waals surface area contributed by atoms with Crippen molar-refractivity contribution in [2.75, 3.05) is 31.9 Å². The number of hydrogen-bond acceptors (Lipinski definition) is 4. The first kappa shape index (κ1) is 13.2. The maximum atomic E-state index is 4.65. The van der Waals surface area contributed by atoms with Gasteiger partial charge in [-0.2, -0.15) is 0 Å². The Balaban J connectivity index is 1.75. The maximum Gasteiger partial charge on any atom is 0.156 e. The van der Waals surface area contributed by atoms with Crippen LogP contribution in [0.15, 0.2) is 4.99 Å². The fourth-order valence-electron chi connectivity index (χ4n) is 2.34. The van der Waals surface area contributed by atoms with Gasteiger partial charge in [-0.25, -0.2) is 0 Å². The Bertz CT molecular complexity index is 282. The first-order valence-corrected chi connectivity index (χ1v) is 7.70. The fraction of sp³-hybridized carbons (Fsp3) is 0.923. The minimum atomic E-state index is 0.369. The molecule has 0 aliphatic carbocycles. The number of nitrogens with one attached hydrogen (secondary N) is 1. The molecule has 1 atom stereocenters. The van der Waals surface area contributed by atoms with Gasteiger partial charge in [-0.05, 0) is 38.3 Å². The minimum Gasteiger partial charge on any atom is -0.361 e. The van der Waals surface area contributed by atoms with Crippen LogP contribution in [0.5, 0.6) is 0 Å². The highest BCUT2D eigenvalue weighted by atomic mass is 32.2. The molecule has 0 radical (unpaired) electrons. The topological polar surface area (TPSA) is 27.6 Å². The van der Waals surface area contributed by atoms with E-state index in [9.17, 15) is 0 Å². The van der Waals surface area contributed by atoms with Gasteiger partial charge in [0.05, 0.1) is 0 Å². The summed E-state index contributed by atoms with van der Waals surface area (Å²) in [6, 6.07) is 0.514. The second-order valence-electron chi connectivity index (χ2n) is 6.13. The highest BCUT2D eigenvalue weighted by Gasteiger charge is 2.24. The standard InChI is InChI=1S/C13H25N3S/c1-11(8-16-6-4-5-7-16)15-12-14-9-13(2,3)10-17-12/h11H,4-10H2,1-3H3,(H,14,15). The molecule has 0 aromatic carbocycles. The van der Waals surface area contributed by atoms with Gasteiger partial charge in [0, 0.05) is 24.9 Å². The molecule has 0 spiro atoms. The van der Waals surface area contributed by atoms with E-state index in [2.05, 4.69) is 36.0 Å². The molecule has 2 aliphatic rings. The summed E-state index contributed by atoms with van der Waals surface area (Å²) in [7, 11) is 0. The molecule has 2 aliphatic heterocycles. The number of thioether (sulfide) groups is 1. The molecule has 1 fully saturated rings. The zero-order valence-corrected chi connectivity index (χ0v) is 12.1. The van der Waals surface area contributed by atoms with Crippen LogP contribution >= 0.6 is 11.8 Å². The molecule has 1 N–H and O–H groups in total. The normalized spacial score (nSPS) is 26.6. The Morgan fingerprint density at radius 1 is 1.41 bits per heavy atom. The molecule has 4 heteroatoms. The third-order valence-electron chi connectivity index (χ3n) is 3.35. The molecular formula is C13H25N3S. The Labute approximate surface area is 109 Å². The molecule has 0 aromatic heterocycles. The molecule has 2 rings (SSSR count). The Morgan fingerprint density at radius 3 is 2.71 bits per heavy atom. The van der Waals surface area contributed by atoms with Crippen LogP contribution in [0, 0.1) is 5.41 Å². The lowest BCUT2D eigenvalue weighted by Crippen LogP contribution is -2.42. The molecule has 98 valence electrons. The summed E-state index contributed by atoms with van der Waals surface area (Å²) in [6.45, 7) is 11.5. The Hall–Kier alpha value is -0.220. The van der Waals surface area contributed by atoms with E-state index in [1.165, 1.54) is 31.7 Å². The summed E-state index contributed by atoms with van der Waals surface area (Å²) in [4.78, 5) is 7.20. The van der Waals surface area contributed by atoms with E-state index in [1.54, 1.807) is 0 Å². The average molecular weight is 255 g/mol. The van der Waals surface area contributed by atoms with Crippen molar-refractivity contribution in [3.63, 3.8) is 0 Å². The van der Waals surface area contributed by atoms with E-state index in [0.717, 1.165) is 18.3 Å². The molecular weight excluding hydrogens is 230 g/mol. The molecule has 1 unspecified atom stereocenters. The first-order valence-electron chi connectivity index (χ1n) is 6.71. The van der Waals surface area contributed by atoms with Gasteiger partial charge >= 0.3 is 0 Å². The van der Waals surface area contributed by atoms with Crippen LogP contribution in [0.25, 0.3) is 0 Å². The van der Waals surface area contributed by atoms with Crippen LogP contribution in [-0.4, -0.2) is 48.0 Å². The molecule has 17 heavy (non-hydrogen) atoms. The highest BCUT2D eigenvalue weighted by molar-refractivity contribution is 8.13. The van der Waals surface area contributed by atoms with Crippen molar-refractivity contribution in [2.45, 2.75) is 39.7 Å². The summed E-state index contributed by atoms with van der Waals surface area (Å²) in [5.74, 6) is 1.18. The van der Waals surface area contributed by atoms with Crippen molar-refractivity contribution >= 4 is 16.9 Å². The largest absolute Gasteiger partial charge is 0.361 e. The molecule has 0 amide bonds. The van der Waals surface area contributed by atoms with Crippen LogP contribution in [0.3, 0.4) is 0 Å². The molecule has 2 heterocycles. The SMILES string of the molecule is CC(CN1CCCC1)NC1=NCC(C)(C)CS1. The highest BCUT2D eigenvalue weighted by Crippen LogP contribution is 2.27. The zero-order valence-electron chi connectivity index (χ0n) is 11.3. The maximum absolute atomic E-state index is 4.65. The van der Waals surface area contributed by atoms with E-state index in [1.807, 2.05) is 11.8 Å². The van der Waals surface area contributed by atoms with Crippen LogP contribution in [0.2, 0.25) is 0 Å². The summed E-state index contributed by atoms with van der Waals surface area (Å²) in [5, 5.41) is 4.70. The second-order valence-corrected chi connectivity index (χ2v) is 7.09. The van der Waals surface area contributed by atoms with Crippen LogP contribution in [0.4, 0.5) is 0 Å². The predicted molar refractivity (Wildman–Crippen MR) is 76.8 cm³/mol. The summed E-state index contributed by atoms with van der Waals surface area (Å²) in [5.41, 5.74) is 0.369. The quantitative estimate of drug-likeness (QED) is 0.838. The van der Waals surface area contributed by atoms with E-state index in [-0.39, 0.29) is 0 Å². The van der Waals surface area contributed by atoms with E-state index in [0.29, 0.717) is 11.5 Å². The average Bonchev–Trinajstić information content (AvgIpc) is 2.74. The molecule has 1 saturated heterocycles. The van der Waals surface area contributed by atoms with Crippen LogP contribution < -0.4 is 5.32 Å². The third kappa shape index (κ3) is 4.18. The molecule has 0 bridgehead atoms. The molecule has 0 aromatic rings. The third-order valence-corrected chi connectivity index (χ3v) is 4.80. The summed E-state index contributed by atoms with van der Waals surface area (Å²) in [6.07, 6.45) is 2.74. The van der Waals surface area contributed by atoms with E-state index < -0.39 is 0 Å². The van der Waals surface area contributed by atoms with Crippen molar-refractivity contribution in [3.8, 4) is 0 Å². The van der Waals surface area contributed by atoms with Crippen LogP contribution in [-0.2, 0) is 0 Å². The number of hydrogen-bond donors (Lipinski definition) is 1. The Kier molecular flexibility index (Phi) is 4.36. The predicted octanol–water partition coefficient (Wildman–Crippen LogP) is 2.19. The number of rotatable bonds is 3. The zero-order chi connectivity index (χ0) is 12.3. The lowest BCUT2D eigenvalue weighted by Gasteiger charge is -2.29. The van der Waals surface area contributed by atoms with Gasteiger partial charge < -0.3 is 10.2 Å². The van der Waals surface area contributed by atoms with Crippen molar-refractivity contribution in [2.24, 2.45) is 10.4 Å². The van der Waals surface area contributed by atoms with Gasteiger partial charge in [0.15, 0.2) is 5.17 Å². The monoisotopic (exact) mass is 255 g/mol. The lowest BCUT2D eigenvalue weighted by atomic mass is 9.97. The van der Waals surface area contributed by atoms with Gasteiger partial charge in [-0.15, -0.1) is 0 Å². The van der Waals surface area contributed by atoms with Crippen molar-refractivity contribution in [3.05, 3.63) is 0 Å². The summed E-state index contributed by atoms with van der Waals surface area (Å²) < 4.78 is 0. The van der Waals surface area contributed by atoms with Gasteiger partial charge in [0.1, 0.15) is 0 Å². The van der Waals surface area contributed by atoms with Gasteiger partial charge in [-0.3, -0.25) is 4.99 Å². The van der Waals surface area contributed by atoms with Crippen molar-refractivity contribution < 1.29 is 0 Å². The van der Waals surface area contributed by atoms with E-state index >= 15 is 0 Å². The number of amidine groups is 1. The van der Waals surface area contributed by atoms with Gasteiger partial charge in [0.25, 0.3) is 0 Å². The summed E-state index contributed by atoms with van der Waals surface area (Å²) >= 11 is 1.88. The van der Waals surface area contributed by atoms with E-state index in [4.69, 9.17) is 0 Å². The van der Waals surface area contributed by atoms with Gasteiger partial charge in [0.2, 0.25) is 0 Å². The number of aliphatic imine (C=N–C) groups is 1. The lowest BCUT2D eigenvalue weighted by molar-refractivity contribution is 0.312. The molecule has 3 nitrogen and oxygen atoms in total. The Morgan fingerprint density at radius 2 is 2.12 bits per heavy atom. The minimum absolute atomic E-state index is 0.369. The van der Waals surface area contributed by atoms with Crippen molar-refractivity contribution in [1.29, 1.82) is 0 Å². The molecule has 0 saturated carbocycles. The number of nitrogens with zero attached hydrogens (tertiary/aromatic N) is 2. The fourth-order valence-corrected chi connectivity index (χ4v) is 3.40. The van der Waals surface area contributed by atoms with Crippen LogP contribution in [0.1, 0.15) is 33.6 Å². The second kappa shape index (κ2) is 5.61. The number of likely N-dealkylation sites (tertiary alicyclic amines) is 1. The smallest absolute Gasteiger partial charge is 0.156 e. The van der Waals surface area contributed by atoms with Gasteiger partial charge in [-0.1, -0.05) is 25.6 Å². The van der Waals surface area contributed by atoms with Crippen molar-refractivity contribution in [1.82, 2.24) is 10.2 Å². The first-order chi connectivity index (χ1) is 8.05.